The summed E-state index contributed by atoms with van der Waals surface area (Å²) < 4.78 is 0. The first-order valence-corrected chi connectivity index (χ1v) is 8.25. The van der Waals surface area contributed by atoms with E-state index in [1.165, 1.54) is 12.0 Å². The van der Waals surface area contributed by atoms with Crippen molar-refractivity contribution in [2.24, 2.45) is 11.3 Å². The largest absolute Gasteiger partial charge is 0.391 e. The minimum atomic E-state index is -0.526. The summed E-state index contributed by atoms with van der Waals surface area (Å²) in [6.07, 6.45) is 5.26. The maximum atomic E-state index is 10.7. The molecule has 1 N–H and O–H groups in total. The highest BCUT2D eigenvalue weighted by molar-refractivity contribution is 5.19. The van der Waals surface area contributed by atoms with Gasteiger partial charge < -0.3 is 5.11 Å². The lowest BCUT2D eigenvalue weighted by Crippen LogP contribution is -2.39. The Balaban J connectivity index is 2.07. The summed E-state index contributed by atoms with van der Waals surface area (Å²) >= 11 is 0. The molecule has 0 saturated heterocycles. The zero-order valence-electron chi connectivity index (χ0n) is 13.3. The fourth-order valence-corrected chi connectivity index (χ4v) is 3.73. The Bertz CT molecular complexity index is 478. The third-order valence-corrected chi connectivity index (χ3v) is 5.27. The van der Waals surface area contributed by atoms with Crippen LogP contribution in [-0.2, 0) is 0 Å². The van der Waals surface area contributed by atoms with Crippen LogP contribution in [0.3, 0.4) is 0 Å². The van der Waals surface area contributed by atoms with Crippen LogP contribution in [0.4, 0.5) is 0 Å². The van der Waals surface area contributed by atoms with Gasteiger partial charge >= 0.3 is 0 Å². The van der Waals surface area contributed by atoms with Gasteiger partial charge in [-0.1, -0.05) is 63.4 Å². The summed E-state index contributed by atoms with van der Waals surface area (Å²) in [7, 11) is 0. The van der Waals surface area contributed by atoms with Gasteiger partial charge in [0.2, 0.25) is 0 Å². The van der Waals surface area contributed by atoms with E-state index in [2.05, 4.69) is 32.0 Å². The van der Waals surface area contributed by atoms with Gasteiger partial charge in [-0.3, -0.25) is 0 Å². The van der Waals surface area contributed by atoms with Crippen molar-refractivity contribution in [3.8, 4) is 6.07 Å². The molecule has 114 valence electrons. The van der Waals surface area contributed by atoms with Crippen molar-refractivity contribution < 1.29 is 5.11 Å². The first kappa shape index (κ1) is 16.0. The molecule has 2 heteroatoms. The van der Waals surface area contributed by atoms with Crippen molar-refractivity contribution >= 4 is 0 Å². The molecule has 0 heterocycles. The number of benzene rings is 1. The molecule has 1 aromatic rings. The molecule has 0 spiro atoms. The van der Waals surface area contributed by atoms with Crippen molar-refractivity contribution in [2.45, 2.75) is 64.4 Å². The number of nitrogens with zero attached hydrogens (tertiary/aromatic N) is 1. The third kappa shape index (κ3) is 3.66. The molecular weight excluding hydrogens is 258 g/mol. The van der Waals surface area contributed by atoms with Gasteiger partial charge in [0.25, 0.3) is 0 Å². The van der Waals surface area contributed by atoms with Gasteiger partial charge in [0, 0.05) is 0 Å². The van der Waals surface area contributed by atoms with E-state index in [1.54, 1.807) is 0 Å². The third-order valence-electron chi connectivity index (χ3n) is 5.27. The Morgan fingerprint density at radius 3 is 2.71 bits per heavy atom. The first-order chi connectivity index (χ1) is 10.1. The molecule has 0 bridgehead atoms. The Labute approximate surface area is 128 Å². The second kappa shape index (κ2) is 7.09. The zero-order chi connectivity index (χ0) is 15.3. The van der Waals surface area contributed by atoms with Gasteiger partial charge in [0.1, 0.15) is 0 Å². The lowest BCUT2D eigenvalue weighted by Gasteiger charge is -2.39. The average Bonchev–Trinajstić information content (AvgIpc) is 2.55. The van der Waals surface area contributed by atoms with Crippen LogP contribution in [0, 0.1) is 22.7 Å². The molecule has 0 aromatic heterocycles. The number of aliphatic hydroxyl groups is 1. The molecule has 2 nitrogen and oxygen atoms in total. The van der Waals surface area contributed by atoms with E-state index < -0.39 is 11.5 Å². The second-order valence-corrected chi connectivity index (χ2v) is 6.70. The van der Waals surface area contributed by atoms with Gasteiger partial charge in [-0.15, -0.1) is 0 Å². The van der Waals surface area contributed by atoms with E-state index in [1.807, 2.05) is 18.2 Å². The van der Waals surface area contributed by atoms with E-state index in [-0.39, 0.29) is 5.92 Å². The van der Waals surface area contributed by atoms with Crippen molar-refractivity contribution in [1.82, 2.24) is 0 Å². The molecule has 4 unspecified atom stereocenters. The normalized spacial score (nSPS) is 28.6. The number of hydrogen-bond donors (Lipinski definition) is 1. The van der Waals surface area contributed by atoms with E-state index >= 15 is 0 Å². The maximum Gasteiger partial charge on any atom is 0.0835 e. The smallest absolute Gasteiger partial charge is 0.0835 e. The molecule has 0 aliphatic heterocycles. The van der Waals surface area contributed by atoms with Gasteiger partial charge in [0.05, 0.1) is 17.6 Å². The summed E-state index contributed by atoms with van der Waals surface area (Å²) in [5, 5.41) is 20.4. The van der Waals surface area contributed by atoms with Gasteiger partial charge in [0.15, 0.2) is 0 Å². The number of aliphatic hydroxyl groups excluding tert-OH is 1. The lowest BCUT2D eigenvalue weighted by molar-refractivity contribution is 0.0108. The fourth-order valence-electron chi connectivity index (χ4n) is 3.73. The Morgan fingerprint density at radius 2 is 2.10 bits per heavy atom. The van der Waals surface area contributed by atoms with E-state index in [4.69, 9.17) is 0 Å². The minimum absolute atomic E-state index is 0.286. The molecule has 1 aliphatic rings. The van der Waals surface area contributed by atoms with Crippen molar-refractivity contribution in [3.05, 3.63) is 35.9 Å². The number of nitriles is 1. The van der Waals surface area contributed by atoms with Crippen molar-refractivity contribution in [2.75, 3.05) is 0 Å². The van der Waals surface area contributed by atoms with Crippen LogP contribution in [0.5, 0.6) is 0 Å². The summed E-state index contributed by atoms with van der Waals surface area (Å²) in [5.74, 6) is 0.883. The molecule has 0 radical (unpaired) electrons. The van der Waals surface area contributed by atoms with Crippen LogP contribution in [0.25, 0.3) is 0 Å². The lowest BCUT2D eigenvalue weighted by atomic mass is 9.65. The molecular formula is C19H27NO. The highest BCUT2D eigenvalue weighted by Crippen LogP contribution is 2.44. The SMILES string of the molecule is CCC1CCCC(C#N)(C(O)CC(C)c2ccccc2)C1. The van der Waals surface area contributed by atoms with Crippen LogP contribution in [0.2, 0.25) is 0 Å². The average molecular weight is 285 g/mol. The van der Waals surface area contributed by atoms with Gasteiger partial charge in [-0.25, -0.2) is 0 Å². The predicted molar refractivity (Wildman–Crippen MR) is 85.8 cm³/mol. The van der Waals surface area contributed by atoms with E-state index in [0.29, 0.717) is 12.3 Å². The van der Waals surface area contributed by atoms with Crippen LogP contribution in [-0.4, -0.2) is 11.2 Å². The summed E-state index contributed by atoms with van der Waals surface area (Å²) in [6, 6.07) is 12.8. The summed E-state index contributed by atoms with van der Waals surface area (Å²) in [4.78, 5) is 0. The van der Waals surface area contributed by atoms with Crippen LogP contribution in [0.1, 0.15) is 63.9 Å². The van der Waals surface area contributed by atoms with Crippen LogP contribution < -0.4 is 0 Å². The van der Waals surface area contributed by atoms with Crippen molar-refractivity contribution in [1.29, 1.82) is 5.26 Å². The molecule has 4 atom stereocenters. The quantitative estimate of drug-likeness (QED) is 0.855. The van der Waals surface area contributed by atoms with Crippen LogP contribution in [0.15, 0.2) is 30.3 Å². The summed E-state index contributed by atoms with van der Waals surface area (Å²) in [6.45, 7) is 4.33. The highest BCUT2D eigenvalue weighted by Gasteiger charge is 2.42. The molecule has 1 fully saturated rings. The topological polar surface area (TPSA) is 44.0 Å². The molecule has 1 aromatic carbocycles. The monoisotopic (exact) mass is 285 g/mol. The minimum Gasteiger partial charge on any atom is -0.391 e. The molecule has 2 rings (SSSR count). The number of hydrogen-bond acceptors (Lipinski definition) is 2. The van der Waals surface area contributed by atoms with Gasteiger partial charge in [-0.2, -0.15) is 5.26 Å². The van der Waals surface area contributed by atoms with E-state index in [9.17, 15) is 10.4 Å². The Kier molecular flexibility index (Phi) is 5.42. The summed E-state index contributed by atoms with van der Waals surface area (Å²) in [5.41, 5.74) is 0.717. The predicted octanol–water partition coefficient (Wildman–Crippen LogP) is 4.65. The first-order valence-electron chi connectivity index (χ1n) is 8.25. The highest BCUT2D eigenvalue weighted by atomic mass is 16.3. The Morgan fingerprint density at radius 1 is 1.38 bits per heavy atom. The molecule has 0 amide bonds. The van der Waals surface area contributed by atoms with Crippen molar-refractivity contribution in [3.63, 3.8) is 0 Å². The maximum absolute atomic E-state index is 10.7. The van der Waals surface area contributed by atoms with Gasteiger partial charge in [-0.05, 0) is 36.7 Å². The number of rotatable bonds is 5. The zero-order valence-corrected chi connectivity index (χ0v) is 13.3. The van der Waals surface area contributed by atoms with Crippen LogP contribution >= 0.6 is 0 Å². The fraction of sp³-hybridized carbons (Fsp3) is 0.632. The molecule has 21 heavy (non-hydrogen) atoms. The molecule has 1 aliphatic carbocycles. The Hall–Kier alpha value is -1.33. The van der Waals surface area contributed by atoms with E-state index in [0.717, 1.165) is 25.7 Å². The second-order valence-electron chi connectivity index (χ2n) is 6.70. The standard InChI is InChI=1S/C19H27NO/c1-3-16-8-7-11-19(13-16,14-20)18(21)12-15(2)17-9-5-4-6-10-17/h4-6,9-10,15-16,18,21H,3,7-8,11-13H2,1-2H3. The molecule has 1 saturated carbocycles.